The molecule has 2 N–H and O–H groups in total. The Morgan fingerprint density at radius 1 is 1.00 bits per heavy atom. The summed E-state index contributed by atoms with van der Waals surface area (Å²) >= 11 is 0. The third kappa shape index (κ3) is 3.22. The summed E-state index contributed by atoms with van der Waals surface area (Å²) < 4.78 is 0. The van der Waals surface area contributed by atoms with Crippen LogP contribution in [-0.4, -0.2) is 57.6 Å². The molecule has 0 radical (unpaired) electrons. The summed E-state index contributed by atoms with van der Waals surface area (Å²) in [7, 11) is 0. The van der Waals surface area contributed by atoms with E-state index in [1.807, 2.05) is 0 Å². The summed E-state index contributed by atoms with van der Waals surface area (Å²) in [4.78, 5) is 16.5. The number of phenols is 2. The van der Waals surface area contributed by atoms with Crippen LogP contribution in [-0.2, 0) is 0 Å². The van der Waals surface area contributed by atoms with Crippen molar-refractivity contribution in [2.24, 2.45) is 0 Å². The monoisotopic (exact) mass is 278 g/mol. The Balaban J connectivity index is 2.05. The Labute approximate surface area is 119 Å². The van der Waals surface area contributed by atoms with Crippen LogP contribution in [0.1, 0.15) is 31.1 Å². The van der Waals surface area contributed by atoms with Crippen LogP contribution < -0.4 is 0 Å². The highest BCUT2D eigenvalue weighted by atomic mass is 16.3. The van der Waals surface area contributed by atoms with Gasteiger partial charge in [0, 0.05) is 43.3 Å². The average Bonchev–Trinajstić information content (AvgIpc) is 2.36. The molecule has 5 heteroatoms. The van der Waals surface area contributed by atoms with Crippen LogP contribution in [0.4, 0.5) is 0 Å². The molecule has 5 nitrogen and oxygen atoms in total. The predicted octanol–water partition coefficient (Wildman–Crippen LogP) is 1.65. The van der Waals surface area contributed by atoms with Crippen LogP contribution in [0.3, 0.4) is 0 Å². The molecule has 0 aromatic heterocycles. The van der Waals surface area contributed by atoms with Gasteiger partial charge in [-0.25, -0.2) is 0 Å². The molecular formula is C15H22N2O3. The van der Waals surface area contributed by atoms with Gasteiger partial charge in [-0.2, -0.15) is 0 Å². The first kappa shape index (κ1) is 14.7. The lowest BCUT2D eigenvalue weighted by atomic mass is 10.0. The molecule has 0 unspecified atom stereocenters. The van der Waals surface area contributed by atoms with E-state index >= 15 is 0 Å². The largest absolute Gasteiger partial charge is 0.508 e. The molecule has 1 heterocycles. The molecule has 0 saturated carbocycles. The van der Waals surface area contributed by atoms with Gasteiger partial charge in [0.05, 0.1) is 0 Å². The van der Waals surface area contributed by atoms with E-state index in [9.17, 15) is 15.0 Å². The maximum Gasteiger partial charge on any atom is 0.254 e. The van der Waals surface area contributed by atoms with Crippen LogP contribution in [0.5, 0.6) is 11.5 Å². The molecule has 0 bridgehead atoms. The van der Waals surface area contributed by atoms with Gasteiger partial charge in [-0.1, -0.05) is 0 Å². The van der Waals surface area contributed by atoms with Gasteiger partial charge in [0.15, 0.2) is 0 Å². The fourth-order valence-electron chi connectivity index (χ4n) is 2.48. The number of amides is 1. The van der Waals surface area contributed by atoms with Gasteiger partial charge in [0.2, 0.25) is 0 Å². The number of phenolic OH excluding ortho intramolecular Hbond substituents is 2. The van der Waals surface area contributed by atoms with Crippen LogP contribution >= 0.6 is 0 Å². The molecule has 1 aliphatic rings. The van der Waals surface area contributed by atoms with E-state index in [4.69, 9.17) is 0 Å². The first-order chi connectivity index (χ1) is 9.27. The molecule has 1 aliphatic heterocycles. The summed E-state index contributed by atoms with van der Waals surface area (Å²) in [5.41, 5.74) is 0.435. The molecule has 1 saturated heterocycles. The van der Waals surface area contributed by atoms with E-state index < -0.39 is 0 Å². The van der Waals surface area contributed by atoms with Gasteiger partial charge in [-0.15, -0.1) is 0 Å². The van der Waals surface area contributed by atoms with Crippen LogP contribution in [0.25, 0.3) is 0 Å². The van der Waals surface area contributed by atoms with Crippen molar-refractivity contribution in [2.45, 2.75) is 26.3 Å². The van der Waals surface area contributed by atoms with Crippen molar-refractivity contribution >= 4 is 5.91 Å². The zero-order chi connectivity index (χ0) is 14.9. The third-order valence-corrected chi connectivity index (χ3v) is 3.67. The number of carbonyl (C=O) groups is 1. The second kappa shape index (κ2) is 5.32. The minimum absolute atomic E-state index is 0.0957. The summed E-state index contributed by atoms with van der Waals surface area (Å²) in [6.45, 7) is 9.48. The van der Waals surface area contributed by atoms with Crippen molar-refractivity contribution < 1.29 is 15.0 Å². The standard InChI is InChI=1S/C15H22N2O3/c1-15(2,3)17-6-4-16(5-7-17)14(20)11-8-12(18)10-13(19)9-11/h8-10,18-19H,4-7H2,1-3H3. The zero-order valence-corrected chi connectivity index (χ0v) is 12.3. The van der Waals surface area contributed by atoms with Crippen molar-refractivity contribution in [3.05, 3.63) is 23.8 Å². The minimum Gasteiger partial charge on any atom is -0.508 e. The number of carbonyl (C=O) groups excluding carboxylic acids is 1. The number of piperazine rings is 1. The molecular weight excluding hydrogens is 256 g/mol. The number of rotatable bonds is 1. The highest BCUT2D eigenvalue weighted by Crippen LogP contribution is 2.22. The van der Waals surface area contributed by atoms with E-state index in [2.05, 4.69) is 25.7 Å². The van der Waals surface area contributed by atoms with Crippen LogP contribution in [0.2, 0.25) is 0 Å². The third-order valence-electron chi connectivity index (χ3n) is 3.67. The van der Waals surface area contributed by atoms with Gasteiger partial charge < -0.3 is 15.1 Å². The maximum absolute atomic E-state index is 12.3. The molecule has 20 heavy (non-hydrogen) atoms. The van der Waals surface area contributed by atoms with Gasteiger partial charge in [0.1, 0.15) is 11.5 Å². The lowest BCUT2D eigenvalue weighted by Gasteiger charge is -2.42. The average molecular weight is 278 g/mol. The highest BCUT2D eigenvalue weighted by molar-refractivity contribution is 5.95. The molecule has 1 aromatic rings. The Bertz CT molecular complexity index is 480. The summed E-state index contributed by atoms with van der Waals surface area (Å²) in [6, 6.07) is 3.99. The maximum atomic E-state index is 12.3. The van der Waals surface area contributed by atoms with Crippen molar-refractivity contribution in [3.8, 4) is 11.5 Å². The second-order valence-corrected chi connectivity index (χ2v) is 6.19. The molecule has 0 spiro atoms. The molecule has 0 aliphatic carbocycles. The number of hydrogen-bond acceptors (Lipinski definition) is 4. The molecule has 2 rings (SSSR count). The van der Waals surface area contributed by atoms with E-state index in [0.717, 1.165) is 13.1 Å². The van der Waals surface area contributed by atoms with E-state index in [0.29, 0.717) is 18.7 Å². The first-order valence-corrected chi connectivity index (χ1v) is 6.85. The molecule has 1 amide bonds. The SMILES string of the molecule is CC(C)(C)N1CCN(C(=O)c2cc(O)cc(O)c2)CC1. The number of benzene rings is 1. The van der Waals surface area contributed by atoms with Crippen molar-refractivity contribution in [3.63, 3.8) is 0 Å². The van der Waals surface area contributed by atoms with Crippen LogP contribution in [0.15, 0.2) is 18.2 Å². The van der Waals surface area contributed by atoms with Crippen molar-refractivity contribution in [2.75, 3.05) is 26.2 Å². The van der Waals surface area contributed by atoms with Gasteiger partial charge in [-0.3, -0.25) is 9.69 Å². The van der Waals surface area contributed by atoms with E-state index in [-0.39, 0.29) is 22.9 Å². The topological polar surface area (TPSA) is 64.0 Å². The lowest BCUT2D eigenvalue weighted by Crippen LogP contribution is -2.54. The van der Waals surface area contributed by atoms with E-state index in [1.165, 1.54) is 18.2 Å². The van der Waals surface area contributed by atoms with Gasteiger partial charge >= 0.3 is 0 Å². The van der Waals surface area contributed by atoms with Crippen molar-refractivity contribution in [1.82, 2.24) is 9.80 Å². The second-order valence-electron chi connectivity index (χ2n) is 6.19. The number of nitrogens with zero attached hydrogens (tertiary/aromatic N) is 2. The lowest BCUT2D eigenvalue weighted by molar-refractivity contribution is 0.0450. The predicted molar refractivity (Wildman–Crippen MR) is 77.0 cm³/mol. The molecule has 1 fully saturated rings. The minimum atomic E-state index is -0.148. The molecule has 0 atom stereocenters. The normalized spacial score (nSPS) is 17.2. The zero-order valence-electron chi connectivity index (χ0n) is 12.3. The smallest absolute Gasteiger partial charge is 0.254 e. The Morgan fingerprint density at radius 2 is 1.50 bits per heavy atom. The van der Waals surface area contributed by atoms with Crippen LogP contribution in [0, 0.1) is 0 Å². The fraction of sp³-hybridized carbons (Fsp3) is 0.533. The summed E-state index contributed by atoms with van der Waals surface area (Å²) in [5, 5.41) is 18.9. The number of hydrogen-bond donors (Lipinski definition) is 2. The molecule has 1 aromatic carbocycles. The van der Waals surface area contributed by atoms with E-state index in [1.54, 1.807) is 4.90 Å². The van der Waals surface area contributed by atoms with Crippen molar-refractivity contribution in [1.29, 1.82) is 0 Å². The fourth-order valence-corrected chi connectivity index (χ4v) is 2.48. The van der Waals surface area contributed by atoms with Gasteiger partial charge in [-0.05, 0) is 32.9 Å². The number of aromatic hydroxyl groups is 2. The molecule has 110 valence electrons. The Kier molecular flexibility index (Phi) is 3.90. The first-order valence-electron chi connectivity index (χ1n) is 6.85. The summed E-state index contributed by atoms with van der Waals surface area (Å²) in [5.74, 6) is -0.340. The highest BCUT2D eigenvalue weighted by Gasteiger charge is 2.28. The Morgan fingerprint density at radius 3 is 1.95 bits per heavy atom. The summed E-state index contributed by atoms with van der Waals surface area (Å²) in [6.07, 6.45) is 0. The Hall–Kier alpha value is -1.75. The van der Waals surface area contributed by atoms with Gasteiger partial charge in [0.25, 0.3) is 5.91 Å². The quantitative estimate of drug-likeness (QED) is 0.820.